The number of nitrogens with zero attached hydrogens (tertiary/aromatic N) is 2. The highest BCUT2D eigenvalue weighted by molar-refractivity contribution is 5.94. The van der Waals surface area contributed by atoms with Crippen LogP contribution in [0.4, 0.5) is 4.39 Å². The zero-order valence-electron chi connectivity index (χ0n) is 16.7. The van der Waals surface area contributed by atoms with Gasteiger partial charge >= 0.3 is 0 Å². The fourth-order valence-corrected chi connectivity index (χ4v) is 3.17. The standard InChI is InChI=1S/C22H26FN3O3/c1-16(2)24-21(27)15-25-11-13-26(14-12-25)22(28)17-3-7-19(8-4-17)29-20-9-5-18(23)6-10-20/h3-10,16H,11-15H2,1-2H3,(H,24,27). The van der Waals surface area contributed by atoms with Gasteiger partial charge in [-0.1, -0.05) is 0 Å². The van der Waals surface area contributed by atoms with Gasteiger partial charge in [-0.2, -0.15) is 0 Å². The number of rotatable bonds is 6. The van der Waals surface area contributed by atoms with Gasteiger partial charge in [-0.3, -0.25) is 14.5 Å². The van der Waals surface area contributed by atoms with Crippen LogP contribution in [0.3, 0.4) is 0 Å². The summed E-state index contributed by atoms with van der Waals surface area (Å²) in [6, 6.07) is 12.8. The maximum absolute atomic E-state index is 13.0. The first-order valence-electron chi connectivity index (χ1n) is 9.75. The molecule has 1 aliphatic rings. The highest BCUT2D eigenvalue weighted by atomic mass is 19.1. The van der Waals surface area contributed by atoms with E-state index in [2.05, 4.69) is 10.2 Å². The number of halogens is 1. The molecule has 0 unspecified atom stereocenters. The van der Waals surface area contributed by atoms with Crippen molar-refractivity contribution >= 4 is 11.8 Å². The zero-order valence-corrected chi connectivity index (χ0v) is 16.7. The third-order valence-electron chi connectivity index (χ3n) is 4.63. The predicted molar refractivity (Wildman–Crippen MR) is 109 cm³/mol. The summed E-state index contributed by atoms with van der Waals surface area (Å²) in [5.74, 6) is 0.761. The topological polar surface area (TPSA) is 61.9 Å². The molecule has 0 spiro atoms. The van der Waals surface area contributed by atoms with Crippen LogP contribution in [0.1, 0.15) is 24.2 Å². The van der Waals surface area contributed by atoms with Gasteiger partial charge in [0, 0.05) is 37.8 Å². The number of nitrogens with one attached hydrogen (secondary N) is 1. The normalized spacial score (nSPS) is 14.7. The van der Waals surface area contributed by atoms with E-state index in [1.807, 2.05) is 13.8 Å². The van der Waals surface area contributed by atoms with Gasteiger partial charge in [-0.25, -0.2) is 4.39 Å². The van der Waals surface area contributed by atoms with Crippen LogP contribution in [-0.4, -0.2) is 60.4 Å². The number of carbonyl (C=O) groups is 2. The highest BCUT2D eigenvalue weighted by Crippen LogP contribution is 2.22. The molecule has 29 heavy (non-hydrogen) atoms. The molecule has 1 heterocycles. The number of benzene rings is 2. The van der Waals surface area contributed by atoms with Gasteiger partial charge in [-0.15, -0.1) is 0 Å². The Morgan fingerprint density at radius 2 is 1.52 bits per heavy atom. The van der Waals surface area contributed by atoms with Crippen LogP contribution < -0.4 is 10.1 Å². The Morgan fingerprint density at radius 1 is 0.966 bits per heavy atom. The van der Waals surface area contributed by atoms with Crippen molar-refractivity contribution in [2.45, 2.75) is 19.9 Å². The van der Waals surface area contributed by atoms with Crippen molar-refractivity contribution in [2.24, 2.45) is 0 Å². The minimum atomic E-state index is -0.320. The summed E-state index contributed by atoms with van der Waals surface area (Å²) in [4.78, 5) is 28.5. The fourth-order valence-electron chi connectivity index (χ4n) is 3.17. The van der Waals surface area contributed by atoms with Gasteiger partial charge in [0.05, 0.1) is 6.54 Å². The largest absolute Gasteiger partial charge is 0.457 e. The zero-order chi connectivity index (χ0) is 20.8. The summed E-state index contributed by atoms with van der Waals surface area (Å²) in [7, 11) is 0. The van der Waals surface area contributed by atoms with Crippen molar-refractivity contribution < 1.29 is 18.7 Å². The maximum atomic E-state index is 13.0. The molecular formula is C22H26FN3O3. The van der Waals surface area contributed by atoms with E-state index in [1.165, 1.54) is 12.1 Å². The lowest BCUT2D eigenvalue weighted by atomic mass is 10.1. The Balaban J connectivity index is 1.50. The second-order valence-corrected chi connectivity index (χ2v) is 7.37. The molecule has 0 aliphatic carbocycles. The molecule has 0 atom stereocenters. The first kappa shape index (κ1) is 20.8. The average molecular weight is 399 g/mol. The summed E-state index contributed by atoms with van der Waals surface area (Å²) in [5.41, 5.74) is 0.586. The molecule has 0 aromatic heterocycles. The molecule has 0 saturated carbocycles. The van der Waals surface area contributed by atoms with Crippen LogP contribution in [0.5, 0.6) is 11.5 Å². The lowest BCUT2D eigenvalue weighted by Gasteiger charge is -2.34. The van der Waals surface area contributed by atoms with Gasteiger partial charge in [-0.05, 0) is 62.4 Å². The highest BCUT2D eigenvalue weighted by Gasteiger charge is 2.23. The summed E-state index contributed by atoms with van der Waals surface area (Å²) < 4.78 is 18.6. The number of piperazine rings is 1. The van der Waals surface area contributed by atoms with Crippen molar-refractivity contribution in [1.29, 1.82) is 0 Å². The first-order valence-corrected chi connectivity index (χ1v) is 9.75. The molecule has 1 aliphatic heterocycles. The molecule has 0 radical (unpaired) electrons. The van der Waals surface area contributed by atoms with Crippen LogP contribution in [-0.2, 0) is 4.79 Å². The second kappa shape index (κ2) is 9.52. The smallest absolute Gasteiger partial charge is 0.253 e. The maximum Gasteiger partial charge on any atom is 0.253 e. The first-order chi connectivity index (χ1) is 13.9. The van der Waals surface area contributed by atoms with Gasteiger partial charge in [0.1, 0.15) is 17.3 Å². The summed E-state index contributed by atoms with van der Waals surface area (Å²) in [6.45, 7) is 6.74. The van der Waals surface area contributed by atoms with E-state index in [9.17, 15) is 14.0 Å². The predicted octanol–water partition coefficient (Wildman–Crippen LogP) is 2.90. The van der Waals surface area contributed by atoms with E-state index in [0.29, 0.717) is 49.8 Å². The average Bonchev–Trinajstić information content (AvgIpc) is 2.70. The van der Waals surface area contributed by atoms with Crippen molar-refractivity contribution in [2.75, 3.05) is 32.7 Å². The van der Waals surface area contributed by atoms with Gasteiger partial charge < -0.3 is 15.0 Å². The minimum absolute atomic E-state index is 0.0107. The Kier molecular flexibility index (Phi) is 6.82. The van der Waals surface area contributed by atoms with Gasteiger partial charge in [0.15, 0.2) is 0 Å². The molecule has 154 valence electrons. The molecule has 2 amide bonds. The fraction of sp³-hybridized carbons (Fsp3) is 0.364. The second-order valence-electron chi connectivity index (χ2n) is 7.37. The van der Waals surface area contributed by atoms with Crippen LogP contribution in [0.2, 0.25) is 0 Å². The minimum Gasteiger partial charge on any atom is -0.457 e. The Morgan fingerprint density at radius 3 is 2.07 bits per heavy atom. The molecule has 7 heteroatoms. The third kappa shape index (κ3) is 6.02. The number of ether oxygens (including phenoxy) is 1. The molecule has 3 rings (SSSR count). The molecular weight excluding hydrogens is 373 g/mol. The number of hydrogen-bond acceptors (Lipinski definition) is 4. The van der Waals surface area contributed by atoms with E-state index in [0.717, 1.165) is 0 Å². The number of amides is 2. The van der Waals surface area contributed by atoms with Crippen LogP contribution >= 0.6 is 0 Å². The summed E-state index contributed by atoms with van der Waals surface area (Å²) >= 11 is 0. The van der Waals surface area contributed by atoms with E-state index in [-0.39, 0.29) is 23.7 Å². The molecule has 1 saturated heterocycles. The number of hydrogen-bond donors (Lipinski definition) is 1. The molecule has 2 aromatic carbocycles. The lowest BCUT2D eigenvalue weighted by Crippen LogP contribution is -2.51. The molecule has 1 N–H and O–H groups in total. The monoisotopic (exact) mass is 399 g/mol. The van der Waals surface area contributed by atoms with E-state index in [1.54, 1.807) is 41.3 Å². The Labute approximate surface area is 170 Å². The van der Waals surface area contributed by atoms with Crippen molar-refractivity contribution in [3.8, 4) is 11.5 Å². The van der Waals surface area contributed by atoms with Crippen LogP contribution in [0.25, 0.3) is 0 Å². The van der Waals surface area contributed by atoms with Gasteiger partial charge in [0.2, 0.25) is 5.91 Å². The Hall–Kier alpha value is -2.93. The lowest BCUT2D eigenvalue weighted by molar-refractivity contribution is -0.123. The molecule has 6 nitrogen and oxygen atoms in total. The number of carbonyl (C=O) groups excluding carboxylic acids is 2. The Bertz CT molecular complexity index is 829. The summed E-state index contributed by atoms with van der Waals surface area (Å²) in [6.07, 6.45) is 0. The van der Waals surface area contributed by atoms with Crippen molar-refractivity contribution in [3.05, 3.63) is 59.9 Å². The molecule has 0 bridgehead atoms. The third-order valence-corrected chi connectivity index (χ3v) is 4.63. The SMILES string of the molecule is CC(C)NC(=O)CN1CCN(C(=O)c2ccc(Oc3ccc(F)cc3)cc2)CC1. The molecule has 2 aromatic rings. The van der Waals surface area contributed by atoms with Gasteiger partial charge in [0.25, 0.3) is 5.91 Å². The summed E-state index contributed by atoms with van der Waals surface area (Å²) in [5, 5.41) is 2.88. The van der Waals surface area contributed by atoms with Crippen molar-refractivity contribution in [3.63, 3.8) is 0 Å². The van der Waals surface area contributed by atoms with Crippen LogP contribution in [0, 0.1) is 5.82 Å². The van der Waals surface area contributed by atoms with Crippen molar-refractivity contribution in [1.82, 2.24) is 15.1 Å². The van der Waals surface area contributed by atoms with Crippen LogP contribution in [0.15, 0.2) is 48.5 Å². The quantitative estimate of drug-likeness (QED) is 0.811. The van der Waals surface area contributed by atoms with E-state index >= 15 is 0 Å². The van der Waals surface area contributed by atoms with E-state index < -0.39 is 0 Å². The van der Waals surface area contributed by atoms with E-state index in [4.69, 9.17) is 4.74 Å². The molecule has 1 fully saturated rings.